The molecule has 3 fully saturated rings. The predicted molar refractivity (Wildman–Crippen MR) is 135 cm³/mol. The van der Waals surface area contributed by atoms with Crippen molar-refractivity contribution in [3.8, 4) is 0 Å². The summed E-state index contributed by atoms with van der Waals surface area (Å²) in [5.74, 6) is 4.63. The topological polar surface area (TPSA) is 3.24 Å². The number of hydrogen-bond acceptors (Lipinski definition) is 1. The van der Waals surface area contributed by atoms with Gasteiger partial charge in [0.25, 0.3) is 0 Å². The van der Waals surface area contributed by atoms with Crippen molar-refractivity contribution in [2.75, 3.05) is 14.1 Å². The molecule has 4 aliphatic carbocycles. The van der Waals surface area contributed by atoms with Crippen LogP contribution >= 0.6 is 0 Å². The molecule has 178 valence electrons. The Morgan fingerprint density at radius 2 is 1.68 bits per heavy atom. The Labute approximate surface area is 194 Å². The molecule has 0 spiro atoms. The summed E-state index contributed by atoms with van der Waals surface area (Å²) in [6.07, 6.45) is 18.5. The zero-order valence-corrected chi connectivity index (χ0v) is 22.3. The summed E-state index contributed by atoms with van der Waals surface area (Å²) in [6.45, 7) is 15.5. The van der Waals surface area contributed by atoms with Crippen LogP contribution in [0.3, 0.4) is 0 Å². The normalized spacial score (nSPS) is 45.8. The maximum atomic E-state index is 2.76. The van der Waals surface area contributed by atoms with Gasteiger partial charge in [0.1, 0.15) is 0 Å². The van der Waals surface area contributed by atoms with E-state index in [4.69, 9.17) is 0 Å². The number of allylic oxidation sites excluding steroid dienone is 1. The third kappa shape index (κ3) is 3.77. The lowest BCUT2D eigenvalue weighted by Gasteiger charge is -2.65. The predicted octanol–water partition coefficient (Wildman–Crippen LogP) is 8.35. The minimum Gasteiger partial charge on any atom is -0.306 e. The summed E-state index contributed by atoms with van der Waals surface area (Å²) >= 11 is 0. The van der Waals surface area contributed by atoms with Crippen molar-refractivity contribution >= 4 is 0 Å². The lowest BCUT2D eigenvalue weighted by atomic mass is 9.40. The molecule has 0 amide bonds. The summed E-state index contributed by atoms with van der Waals surface area (Å²) in [5, 5.41) is 0. The van der Waals surface area contributed by atoms with Crippen LogP contribution < -0.4 is 0 Å². The average molecular weight is 428 g/mol. The summed E-state index contributed by atoms with van der Waals surface area (Å²) in [7, 11) is 4.57. The number of nitrogens with zero attached hydrogens (tertiary/aromatic N) is 1. The smallest absolute Gasteiger partial charge is 0.0127 e. The van der Waals surface area contributed by atoms with Crippen molar-refractivity contribution in [3.05, 3.63) is 11.6 Å². The number of fused-ring (bicyclic) bond motifs is 5. The van der Waals surface area contributed by atoms with Crippen molar-refractivity contribution in [1.29, 1.82) is 0 Å². The zero-order chi connectivity index (χ0) is 22.6. The van der Waals surface area contributed by atoms with Gasteiger partial charge in [-0.2, -0.15) is 0 Å². The van der Waals surface area contributed by atoms with E-state index < -0.39 is 0 Å². The molecule has 0 unspecified atom stereocenters. The first-order valence-corrected chi connectivity index (χ1v) is 13.9. The van der Waals surface area contributed by atoms with Crippen LogP contribution in [-0.4, -0.2) is 25.0 Å². The molecular formula is C30H53N. The Balaban J connectivity index is 1.53. The zero-order valence-electron chi connectivity index (χ0n) is 22.3. The summed E-state index contributed by atoms with van der Waals surface area (Å²) in [6, 6.07) is 0.760. The maximum absolute atomic E-state index is 2.76. The first-order valence-electron chi connectivity index (χ1n) is 13.9. The maximum Gasteiger partial charge on any atom is 0.0127 e. The molecule has 8 atom stereocenters. The molecule has 0 radical (unpaired) electrons. The van der Waals surface area contributed by atoms with Gasteiger partial charge in [-0.15, -0.1) is 0 Å². The second-order valence-corrected chi connectivity index (χ2v) is 13.8. The van der Waals surface area contributed by atoms with Gasteiger partial charge in [-0.3, -0.25) is 0 Å². The lowest BCUT2D eigenvalue weighted by Crippen LogP contribution is -2.57. The average Bonchev–Trinajstić information content (AvgIpc) is 3.05. The van der Waals surface area contributed by atoms with Crippen molar-refractivity contribution in [2.45, 2.75) is 118 Å². The van der Waals surface area contributed by atoms with E-state index in [1.807, 2.05) is 5.57 Å². The van der Waals surface area contributed by atoms with Gasteiger partial charge in [0, 0.05) is 6.04 Å². The van der Waals surface area contributed by atoms with E-state index in [0.29, 0.717) is 16.2 Å². The van der Waals surface area contributed by atoms with Gasteiger partial charge >= 0.3 is 0 Å². The van der Waals surface area contributed by atoms with Crippen LogP contribution in [0.15, 0.2) is 11.6 Å². The Bertz CT molecular complexity index is 676. The minimum absolute atomic E-state index is 0.449. The van der Waals surface area contributed by atoms with Crippen molar-refractivity contribution in [2.24, 2.45) is 45.8 Å². The van der Waals surface area contributed by atoms with E-state index in [9.17, 15) is 0 Å². The van der Waals surface area contributed by atoms with Crippen LogP contribution in [0.25, 0.3) is 0 Å². The molecule has 0 aromatic rings. The van der Waals surface area contributed by atoms with Crippen LogP contribution in [0.4, 0.5) is 0 Å². The van der Waals surface area contributed by atoms with Gasteiger partial charge in [-0.25, -0.2) is 0 Å². The molecule has 0 saturated heterocycles. The molecule has 3 saturated carbocycles. The van der Waals surface area contributed by atoms with E-state index in [1.165, 1.54) is 70.6 Å². The van der Waals surface area contributed by atoms with Crippen molar-refractivity contribution < 1.29 is 0 Å². The quantitative estimate of drug-likeness (QED) is 0.385. The molecule has 31 heavy (non-hydrogen) atoms. The Morgan fingerprint density at radius 3 is 2.35 bits per heavy atom. The van der Waals surface area contributed by atoms with E-state index >= 15 is 0 Å². The van der Waals surface area contributed by atoms with Gasteiger partial charge < -0.3 is 4.90 Å². The van der Waals surface area contributed by atoms with Crippen molar-refractivity contribution in [1.82, 2.24) is 4.90 Å². The molecule has 0 bridgehead atoms. The van der Waals surface area contributed by atoms with E-state index in [1.54, 1.807) is 0 Å². The highest BCUT2D eigenvalue weighted by Gasteiger charge is 2.64. The number of hydrogen-bond donors (Lipinski definition) is 0. The van der Waals surface area contributed by atoms with Crippen LogP contribution in [-0.2, 0) is 0 Å². The summed E-state index contributed by atoms with van der Waals surface area (Å²) in [5.41, 5.74) is 3.40. The molecule has 1 nitrogen and oxygen atoms in total. The number of rotatable bonds is 6. The van der Waals surface area contributed by atoms with Crippen molar-refractivity contribution in [3.63, 3.8) is 0 Å². The Hall–Kier alpha value is -0.300. The van der Waals surface area contributed by atoms with Gasteiger partial charge in [0.15, 0.2) is 0 Å². The lowest BCUT2D eigenvalue weighted by molar-refractivity contribution is -0.116. The fourth-order valence-corrected chi connectivity index (χ4v) is 9.44. The van der Waals surface area contributed by atoms with Crippen LogP contribution in [0.2, 0.25) is 0 Å². The van der Waals surface area contributed by atoms with E-state index in [0.717, 1.165) is 35.6 Å². The molecule has 0 aromatic heterocycles. The third-order valence-corrected chi connectivity index (χ3v) is 11.8. The highest BCUT2D eigenvalue weighted by molar-refractivity contribution is 5.29. The standard InChI is InChI=1S/C30H53N/c1-21(2)10-9-11-22(3)25-14-15-26-27-13-12-23-20-24(31(7)8)16-17-29(23,5)30(27,6)19-18-28(25,26)4/h12,21-22,24-27H,9-11,13-20H2,1-8H3/t22-,24+,25-,26+,27+,28-,29+,30+/m1/s1. The molecule has 0 aromatic carbocycles. The molecule has 0 aliphatic heterocycles. The molecule has 1 heteroatoms. The first-order chi connectivity index (χ1) is 14.5. The van der Waals surface area contributed by atoms with E-state index in [-0.39, 0.29) is 0 Å². The summed E-state index contributed by atoms with van der Waals surface area (Å²) < 4.78 is 0. The third-order valence-electron chi connectivity index (χ3n) is 11.8. The molecule has 0 N–H and O–H groups in total. The highest BCUT2D eigenvalue weighted by Crippen LogP contribution is 2.72. The fraction of sp³-hybridized carbons (Fsp3) is 0.933. The fourth-order valence-electron chi connectivity index (χ4n) is 9.44. The molecular weight excluding hydrogens is 374 g/mol. The molecule has 4 rings (SSSR count). The van der Waals surface area contributed by atoms with Gasteiger partial charge in [0.05, 0.1) is 0 Å². The van der Waals surface area contributed by atoms with Gasteiger partial charge in [-0.05, 0) is 111 Å². The van der Waals surface area contributed by atoms with Crippen LogP contribution in [0.1, 0.15) is 112 Å². The molecule has 4 aliphatic rings. The minimum atomic E-state index is 0.449. The largest absolute Gasteiger partial charge is 0.306 e. The van der Waals surface area contributed by atoms with Gasteiger partial charge in [0.2, 0.25) is 0 Å². The molecule has 0 heterocycles. The van der Waals surface area contributed by atoms with Crippen LogP contribution in [0.5, 0.6) is 0 Å². The Kier molecular flexibility index (Phi) is 6.53. The van der Waals surface area contributed by atoms with Gasteiger partial charge in [-0.1, -0.05) is 72.5 Å². The highest BCUT2D eigenvalue weighted by atomic mass is 15.1. The van der Waals surface area contributed by atoms with Crippen LogP contribution in [0, 0.1) is 45.8 Å². The monoisotopic (exact) mass is 427 g/mol. The van der Waals surface area contributed by atoms with E-state index in [2.05, 4.69) is 66.6 Å². The Morgan fingerprint density at radius 1 is 0.935 bits per heavy atom. The summed E-state index contributed by atoms with van der Waals surface area (Å²) in [4.78, 5) is 2.48. The second-order valence-electron chi connectivity index (χ2n) is 13.8. The second kappa shape index (κ2) is 8.48. The SMILES string of the molecule is CC(C)CCC[C@@H](C)[C@H]1CC[C@H]2[C@@H]3CC=C4C[C@@H](N(C)C)CC[C@]4(C)[C@@]3(C)CC[C@]12C. The first kappa shape index (κ1) is 23.8.